The van der Waals surface area contributed by atoms with Crippen molar-refractivity contribution in [1.29, 1.82) is 0 Å². The third-order valence-electron chi connectivity index (χ3n) is 3.83. The number of carbonyl (C=O) groups excluding carboxylic acids is 1. The van der Waals surface area contributed by atoms with E-state index in [1.54, 1.807) is 7.11 Å². The van der Waals surface area contributed by atoms with Gasteiger partial charge in [0.15, 0.2) is 11.6 Å². The largest absolute Gasteiger partial charge is 0.448 e. The van der Waals surface area contributed by atoms with Gasteiger partial charge in [0.1, 0.15) is 6.26 Å². The van der Waals surface area contributed by atoms with E-state index in [0.29, 0.717) is 31.2 Å². The van der Waals surface area contributed by atoms with E-state index in [4.69, 9.17) is 9.15 Å². The highest BCUT2D eigenvalue weighted by molar-refractivity contribution is 5.91. The van der Waals surface area contributed by atoms with Crippen LogP contribution >= 0.6 is 0 Å². The maximum absolute atomic E-state index is 12.1. The highest BCUT2D eigenvalue weighted by Gasteiger charge is 2.32. The molecule has 0 saturated carbocycles. The SMILES string of the molecule is CCc1nc(C(=O)NCC2(COC)CCNCC2)co1. The smallest absolute Gasteiger partial charge is 0.273 e. The van der Waals surface area contributed by atoms with Crippen molar-refractivity contribution >= 4 is 5.91 Å². The third-order valence-corrected chi connectivity index (χ3v) is 3.83. The van der Waals surface area contributed by atoms with Crippen molar-refractivity contribution in [1.82, 2.24) is 15.6 Å². The molecule has 0 bridgehead atoms. The summed E-state index contributed by atoms with van der Waals surface area (Å²) >= 11 is 0. The number of amides is 1. The molecule has 2 rings (SSSR count). The van der Waals surface area contributed by atoms with Crippen LogP contribution in [0, 0.1) is 5.41 Å². The number of piperidine rings is 1. The quantitative estimate of drug-likeness (QED) is 0.813. The Bertz CT molecular complexity index is 433. The van der Waals surface area contributed by atoms with Crippen molar-refractivity contribution in [3.05, 3.63) is 17.8 Å². The second-order valence-electron chi connectivity index (χ2n) is 5.35. The molecule has 6 nitrogen and oxygen atoms in total. The van der Waals surface area contributed by atoms with Gasteiger partial charge in [0.25, 0.3) is 5.91 Å². The second kappa shape index (κ2) is 6.85. The van der Waals surface area contributed by atoms with E-state index in [1.165, 1.54) is 6.26 Å². The Balaban J connectivity index is 1.93. The highest BCUT2D eigenvalue weighted by atomic mass is 16.5. The van der Waals surface area contributed by atoms with E-state index in [2.05, 4.69) is 15.6 Å². The molecule has 0 radical (unpaired) electrons. The predicted octanol–water partition coefficient (Wildman–Crippen LogP) is 0.983. The molecule has 2 heterocycles. The standard InChI is InChI=1S/C14H23N3O3/c1-3-12-17-11(8-20-12)13(18)16-9-14(10-19-2)4-6-15-7-5-14/h8,15H,3-7,9-10H2,1-2H3,(H,16,18). The van der Waals surface area contributed by atoms with E-state index in [0.717, 1.165) is 25.9 Å². The van der Waals surface area contributed by atoms with Crippen LogP contribution in [0.3, 0.4) is 0 Å². The first kappa shape index (κ1) is 15.0. The van der Waals surface area contributed by atoms with E-state index >= 15 is 0 Å². The fourth-order valence-corrected chi connectivity index (χ4v) is 2.57. The summed E-state index contributed by atoms with van der Waals surface area (Å²) in [5.41, 5.74) is 0.371. The van der Waals surface area contributed by atoms with Crippen molar-refractivity contribution in [2.75, 3.05) is 33.4 Å². The Morgan fingerprint density at radius 3 is 2.90 bits per heavy atom. The number of nitrogens with zero attached hydrogens (tertiary/aromatic N) is 1. The van der Waals surface area contributed by atoms with Crippen LogP contribution in [0.1, 0.15) is 36.1 Å². The first-order valence-corrected chi connectivity index (χ1v) is 7.11. The van der Waals surface area contributed by atoms with Gasteiger partial charge in [-0.05, 0) is 25.9 Å². The van der Waals surface area contributed by atoms with Gasteiger partial charge >= 0.3 is 0 Å². The van der Waals surface area contributed by atoms with Crippen molar-refractivity contribution < 1.29 is 13.9 Å². The van der Waals surface area contributed by atoms with Crippen LogP contribution in [-0.2, 0) is 11.2 Å². The van der Waals surface area contributed by atoms with E-state index < -0.39 is 0 Å². The van der Waals surface area contributed by atoms with Crippen molar-refractivity contribution in [3.8, 4) is 0 Å². The summed E-state index contributed by atoms with van der Waals surface area (Å²) in [6.07, 6.45) is 4.10. The highest BCUT2D eigenvalue weighted by Crippen LogP contribution is 2.28. The fraction of sp³-hybridized carbons (Fsp3) is 0.714. The summed E-state index contributed by atoms with van der Waals surface area (Å²) in [7, 11) is 1.71. The fourth-order valence-electron chi connectivity index (χ4n) is 2.57. The normalized spacial score (nSPS) is 17.9. The molecule has 0 aliphatic carbocycles. The molecule has 1 aromatic heterocycles. The van der Waals surface area contributed by atoms with Crippen LogP contribution in [0.5, 0.6) is 0 Å². The maximum atomic E-state index is 12.1. The summed E-state index contributed by atoms with van der Waals surface area (Å²) in [4.78, 5) is 16.2. The lowest BCUT2D eigenvalue weighted by molar-refractivity contribution is 0.0510. The average Bonchev–Trinajstić information content (AvgIpc) is 2.95. The van der Waals surface area contributed by atoms with E-state index in [1.807, 2.05) is 6.92 Å². The van der Waals surface area contributed by atoms with Gasteiger partial charge in [-0.25, -0.2) is 4.98 Å². The summed E-state index contributed by atoms with van der Waals surface area (Å²) in [6.45, 7) is 5.13. The number of aryl methyl sites for hydroxylation is 1. The Morgan fingerprint density at radius 2 is 2.30 bits per heavy atom. The third kappa shape index (κ3) is 3.58. The Labute approximate surface area is 119 Å². The predicted molar refractivity (Wildman–Crippen MR) is 74.6 cm³/mol. The molecule has 6 heteroatoms. The number of carbonyl (C=O) groups is 1. The van der Waals surface area contributed by atoms with Gasteiger partial charge in [-0.2, -0.15) is 0 Å². The Hall–Kier alpha value is -1.40. The van der Waals surface area contributed by atoms with Crippen LogP contribution < -0.4 is 10.6 Å². The molecule has 1 amide bonds. The van der Waals surface area contributed by atoms with Gasteiger partial charge in [0, 0.05) is 25.5 Å². The van der Waals surface area contributed by atoms with Crippen molar-refractivity contribution in [2.45, 2.75) is 26.2 Å². The van der Waals surface area contributed by atoms with Crippen molar-refractivity contribution in [3.63, 3.8) is 0 Å². The number of rotatable bonds is 6. The summed E-state index contributed by atoms with van der Waals surface area (Å²) in [5.74, 6) is 0.408. The van der Waals surface area contributed by atoms with Gasteiger partial charge in [-0.3, -0.25) is 4.79 Å². The van der Waals surface area contributed by atoms with Crippen LogP contribution in [0.2, 0.25) is 0 Å². The number of aromatic nitrogens is 1. The average molecular weight is 281 g/mol. The molecular formula is C14H23N3O3. The zero-order chi connectivity index (χ0) is 14.4. The number of hydrogen-bond acceptors (Lipinski definition) is 5. The lowest BCUT2D eigenvalue weighted by Crippen LogP contribution is -2.47. The van der Waals surface area contributed by atoms with Crippen LogP contribution in [0.25, 0.3) is 0 Å². The van der Waals surface area contributed by atoms with E-state index in [-0.39, 0.29) is 11.3 Å². The lowest BCUT2D eigenvalue weighted by atomic mass is 9.79. The first-order valence-electron chi connectivity index (χ1n) is 7.11. The van der Waals surface area contributed by atoms with Gasteiger partial charge in [-0.15, -0.1) is 0 Å². The van der Waals surface area contributed by atoms with Crippen molar-refractivity contribution in [2.24, 2.45) is 5.41 Å². The molecular weight excluding hydrogens is 258 g/mol. The van der Waals surface area contributed by atoms with E-state index in [9.17, 15) is 4.79 Å². The molecule has 1 saturated heterocycles. The summed E-state index contributed by atoms with van der Waals surface area (Å²) in [6, 6.07) is 0. The number of oxazole rings is 1. The number of hydrogen-bond donors (Lipinski definition) is 2. The number of methoxy groups -OCH3 is 1. The minimum atomic E-state index is -0.178. The van der Waals surface area contributed by atoms with Crippen LogP contribution in [-0.4, -0.2) is 44.2 Å². The Morgan fingerprint density at radius 1 is 1.55 bits per heavy atom. The molecule has 1 aromatic rings. The topological polar surface area (TPSA) is 76.4 Å². The summed E-state index contributed by atoms with van der Waals surface area (Å²) < 4.78 is 10.5. The minimum Gasteiger partial charge on any atom is -0.448 e. The zero-order valence-corrected chi connectivity index (χ0v) is 12.2. The second-order valence-corrected chi connectivity index (χ2v) is 5.35. The maximum Gasteiger partial charge on any atom is 0.273 e. The molecule has 0 aromatic carbocycles. The number of ether oxygens (including phenoxy) is 1. The Kier molecular flexibility index (Phi) is 5.14. The molecule has 1 aliphatic rings. The molecule has 20 heavy (non-hydrogen) atoms. The summed E-state index contributed by atoms with van der Waals surface area (Å²) in [5, 5.41) is 6.30. The molecule has 0 unspecified atom stereocenters. The van der Waals surface area contributed by atoms with Gasteiger partial charge in [0.2, 0.25) is 0 Å². The zero-order valence-electron chi connectivity index (χ0n) is 12.2. The lowest BCUT2D eigenvalue weighted by Gasteiger charge is -2.37. The minimum absolute atomic E-state index is 0.0208. The molecule has 2 N–H and O–H groups in total. The van der Waals surface area contributed by atoms with Gasteiger partial charge in [-0.1, -0.05) is 6.92 Å². The monoisotopic (exact) mass is 281 g/mol. The van der Waals surface area contributed by atoms with Crippen LogP contribution in [0.15, 0.2) is 10.7 Å². The molecule has 112 valence electrons. The molecule has 1 aliphatic heterocycles. The first-order chi connectivity index (χ1) is 9.69. The molecule has 0 atom stereocenters. The molecule has 0 spiro atoms. The number of nitrogens with one attached hydrogen (secondary N) is 2. The molecule has 1 fully saturated rings. The van der Waals surface area contributed by atoms with Gasteiger partial charge in [0.05, 0.1) is 6.61 Å². The van der Waals surface area contributed by atoms with Gasteiger partial charge < -0.3 is 19.8 Å². The van der Waals surface area contributed by atoms with Crippen LogP contribution in [0.4, 0.5) is 0 Å².